The van der Waals surface area contributed by atoms with Crippen LogP contribution in [0.2, 0.25) is 0 Å². The van der Waals surface area contributed by atoms with Crippen molar-refractivity contribution < 1.29 is 9.84 Å². The van der Waals surface area contributed by atoms with Gasteiger partial charge in [0.1, 0.15) is 11.5 Å². The maximum atomic E-state index is 10.2. The third-order valence-corrected chi connectivity index (χ3v) is 4.19. The van der Waals surface area contributed by atoms with Crippen molar-refractivity contribution in [1.29, 1.82) is 0 Å². The van der Waals surface area contributed by atoms with Crippen LogP contribution < -0.4 is 4.74 Å². The molecule has 2 aromatic carbocycles. The van der Waals surface area contributed by atoms with Crippen LogP contribution in [-0.4, -0.2) is 11.7 Å². The highest BCUT2D eigenvalue weighted by Crippen LogP contribution is 2.35. The van der Waals surface area contributed by atoms with Gasteiger partial charge >= 0.3 is 0 Å². The predicted octanol–water partition coefficient (Wildman–Crippen LogP) is 5.45. The molecule has 2 aromatic rings. The lowest BCUT2D eigenvalue weighted by molar-refractivity contribution is 0.235. The molecule has 0 aliphatic rings. The number of rotatable bonds is 7. The van der Waals surface area contributed by atoms with Gasteiger partial charge in [-0.05, 0) is 30.9 Å². The summed E-state index contributed by atoms with van der Waals surface area (Å²) < 4.78 is 6.09. The lowest BCUT2D eigenvalue weighted by Gasteiger charge is -2.17. The molecule has 0 aliphatic carbocycles. The van der Waals surface area contributed by atoms with Crippen LogP contribution in [-0.2, 0) is 0 Å². The summed E-state index contributed by atoms with van der Waals surface area (Å²) in [4.78, 5) is 0. The Kier molecular flexibility index (Phi) is 5.49. The van der Waals surface area contributed by atoms with E-state index in [-0.39, 0.29) is 0 Å². The highest BCUT2D eigenvalue weighted by Gasteiger charge is 2.12. The van der Waals surface area contributed by atoms with Gasteiger partial charge < -0.3 is 9.84 Å². The van der Waals surface area contributed by atoms with Crippen molar-refractivity contribution in [2.45, 2.75) is 46.5 Å². The summed E-state index contributed by atoms with van der Waals surface area (Å²) in [6.45, 7) is 7.13. The minimum atomic E-state index is 0.357. The fourth-order valence-electron chi connectivity index (χ4n) is 2.68. The Labute approximate surface area is 127 Å². The summed E-state index contributed by atoms with van der Waals surface area (Å²) in [6.07, 6.45) is 4.87. The van der Waals surface area contributed by atoms with E-state index < -0.39 is 0 Å². The monoisotopic (exact) mass is 286 g/mol. The van der Waals surface area contributed by atoms with Crippen LogP contribution >= 0.6 is 0 Å². The summed E-state index contributed by atoms with van der Waals surface area (Å²) in [7, 11) is 0. The second-order valence-electron chi connectivity index (χ2n) is 5.81. The van der Waals surface area contributed by atoms with Gasteiger partial charge in [-0.2, -0.15) is 0 Å². The van der Waals surface area contributed by atoms with Crippen LogP contribution in [0.4, 0.5) is 0 Å². The second kappa shape index (κ2) is 7.35. The molecule has 0 saturated heterocycles. The average Bonchev–Trinajstić information content (AvgIpc) is 2.52. The third kappa shape index (κ3) is 3.69. The van der Waals surface area contributed by atoms with Crippen LogP contribution in [0, 0.1) is 12.8 Å². The van der Waals surface area contributed by atoms with E-state index in [1.165, 1.54) is 19.3 Å². The van der Waals surface area contributed by atoms with Crippen LogP contribution in [0.15, 0.2) is 30.3 Å². The fourth-order valence-corrected chi connectivity index (χ4v) is 2.68. The number of hydrogen-bond acceptors (Lipinski definition) is 2. The molecule has 1 atom stereocenters. The minimum absolute atomic E-state index is 0.357. The van der Waals surface area contributed by atoms with E-state index in [2.05, 4.69) is 13.8 Å². The van der Waals surface area contributed by atoms with Crippen molar-refractivity contribution in [2.75, 3.05) is 6.61 Å². The van der Waals surface area contributed by atoms with Crippen molar-refractivity contribution in [3.63, 3.8) is 0 Å². The smallest absolute Gasteiger partial charge is 0.127 e. The largest absolute Gasteiger partial charge is 0.507 e. The number of fused-ring (bicyclic) bond motifs is 1. The summed E-state index contributed by atoms with van der Waals surface area (Å²) in [5.74, 6) is 1.85. The zero-order valence-electron chi connectivity index (χ0n) is 13.4. The van der Waals surface area contributed by atoms with Gasteiger partial charge in [0.25, 0.3) is 0 Å². The summed E-state index contributed by atoms with van der Waals surface area (Å²) in [5.41, 5.74) is 0.866. The van der Waals surface area contributed by atoms with E-state index in [4.69, 9.17) is 4.74 Å². The minimum Gasteiger partial charge on any atom is -0.507 e. The van der Waals surface area contributed by atoms with Crippen molar-refractivity contribution in [3.05, 3.63) is 35.9 Å². The van der Waals surface area contributed by atoms with Crippen molar-refractivity contribution in [1.82, 2.24) is 0 Å². The molecule has 0 saturated carbocycles. The molecule has 0 fully saturated rings. The molecule has 2 rings (SSSR count). The number of benzene rings is 2. The molecule has 0 bridgehead atoms. The SMILES string of the molecule is CCCCC(CC)COc1cc(C)c(O)c2ccccc12. The Hall–Kier alpha value is -1.70. The second-order valence-corrected chi connectivity index (χ2v) is 5.81. The maximum absolute atomic E-state index is 10.2. The first kappa shape index (κ1) is 15.7. The molecular formula is C19H26O2. The van der Waals surface area contributed by atoms with Crippen LogP contribution in [0.3, 0.4) is 0 Å². The number of unbranched alkanes of at least 4 members (excludes halogenated alkanes) is 1. The van der Waals surface area contributed by atoms with E-state index in [1.54, 1.807) is 0 Å². The number of phenols is 1. The van der Waals surface area contributed by atoms with Gasteiger partial charge in [0.05, 0.1) is 6.61 Å². The normalized spacial score (nSPS) is 12.5. The predicted molar refractivity (Wildman–Crippen MR) is 89.2 cm³/mol. The molecule has 1 unspecified atom stereocenters. The van der Waals surface area contributed by atoms with Gasteiger partial charge in [-0.25, -0.2) is 0 Å². The molecule has 2 heteroatoms. The summed E-state index contributed by atoms with van der Waals surface area (Å²) >= 11 is 0. The van der Waals surface area contributed by atoms with Gasteiger partial charge in [-0.15, -0.1) is 0 Å². The van der Waals surface area contributed by atoms with E-state index in [1.807, 2.05) is 37.3 Å². The molecule has 21 heavy (non-hydrogen) atoms. The van der Waals surface area contributed by atoms with E-state index in [0.29, 0.717) is 11.7 Å². The first-order chi connectivity index (χ1) is 10.2. The number of hydrogen-bond donors (Lipinski definition) is 1. The Morgan fingerprint density at radius 1 is 1.14 bits per heavy atom. The van der Waals surface area contributed by atoms with Gasteiger partial charge in [0, 0.05) is 10.8 Å². The van der Waals surface area contributed by atoms with Gasteiger partial charge in [-0.1, -0.05) is 57.4 Å². The molecule has 114 valence electrons. The fraction of sp³-hybridized carbons (Fsp3) is 0.474. The molecule has 0 amide bonds. The first-order valence-electron chi connectivity index (χ1n) is 8.01. The number of aryl methyl sites for hydroxylation is 1. The zero-order valence-corrected chi connectivity index (χ0v) is 13.4. The third-order valence-electron chi connectivity index (χ3n) is 4.19. The molecule has 0 radical (unpaired) electrons. The molecular weight excluding hydrogens is 260 g/mol. The average molecular weight is 286 g/mol. The highest BCUT2D eigenvalue weighted by molar-refractivity contribution is 5.94. The van der Waals surface area contributed by atoms with Gasteiger partial charge in [0.2, 0.25) is 0 Å². The molecule has 0 heterocycles. The molecule has 0 aliphatic heterocycles. The molecule has 2 nitrogen and oxygen atoms in total. The molecule has 1 N–H and O–H groups in total. The molecule has 0 aromatic heterocycles. The zero-order chi connectivity index (χ0) is 15.2. The highest BCUT2D eigenvalue weighted by atomic mass is 16.5. The van der Waals surface area contributed by atoms with Gasteiger partial charge in [-0.3, -0.25) is 0 Å². The van der Waals surface area contributed by atoms with Crippen molar-refractivity contribution in [2.24, 2.45) is 5.92 Å². The number of aromatic hydroxyl groups is 1. The first-order valence-corrected chi connectivity index (χ1v) is 8.01. The number of phenolic OH excluding ortho intramolecular Hbond substituents is 1. The van der Waals surface area contributed by atoms with Crippen molar-refractivity contribution in [3.8, 4) is 11.5 Å². The van der Waals surface area contributed by atoms with Crippen molar-refractivity contribution >= 4 is 10.8 Å². The lowest BCUT2D eigenvalue weighted by atomic mass is 10.0. The van der Waals surface area contributed by atoms with Gasteiger partial charge in [0.15, 0.2) is 0 Å². The van der Waals surface area contributed by atoms with Crippen LogP contribution in [0.1, 0.15) is 45.1 Å². The Bertz CT molecular complexity index is 589. The number of ether oxygens (including phenoxy) is 1. The Balaban J connectivity index is 2.20. The summed E-state index contributed by atoms with van der Waals surface area (Å²) in [6, 6.07) is 9.83. The lowest BCUT2D eigenvalue weighted by Crippen LogP contribution is -2.11. The maximum Gasteiger partial charge on any atom is 0.127 e. The van der Waals surface area contributed by atoms with E-state index in [9.17, 15) is 5.11 Å². The van der Waals surface area contributed by atoms with E-state index >= 15 is 0 Å². The quantitative estimate of drug-likeness (QED) is 0.733. The molecule has 0 spiro atoms. The Morgan fingerprint density at radius 3 is 2.52 bits per heavy atom. The standard InChI is InChI=1S/C19H26O2/c1-4-6-9-15(5-2)13-21-18-12-14(3)19(20)17-11-8-7-10-16(17)18/h7-8,10-12,15,20H,4-6,9,13H2,1-3H3. The summed E-state index contributed by atoms with van der Waals surface area (Å²) in [5, 5.41) is 12.0. The van der Waals surface area contributed by atoms with Crippen LogP contribution in [0.25, 0.3) is 10.8 Å². The van der Waals surface area contributed by atoms with E-state index in [0.717, 1.165) is 35.1 Å². The van der Waals surface area contributed by atoms with Crippen LogP contribution in [0.5, 0.6) is 11.5 Å². The topological polar surface area (TPSA) is 29.5 Å². The Morgan fingerprint density at radius 2 is 1.86 bits per heavy atom.